The third kappa shape index (κ3) is 4.23. The van der Waals surface area contributed by atoms with E-state index in [9.17, 15) is 4.79 Å². The molecular weight excluding hydrogens is 332 g/mol. The van der Waals surface area contributed by atoms with Crippen LogP contribution in [0.4, 0.5) is 10.5 Å². The van der Waals surface area contributed by atoms with Gasteiger partial charge in [0.15, 0.2) is 0 Å². The monoisotopic (exact) mass is 348 g/mol. The van der Waals surface area contributed by atoms with E-state index in [-0.39, 0.29) is 6.03 Å². The molecule has 2 aromatic rings. The first kappa shape index (κ1) is 15.4. The number of carbonyl (C=O) groups excluding carboxylic acids is 1. The second-order valence-electron chi connectivity index (χ2n) is 4.58. The summed E-state index contributed by atoms with van der Waals surface area (Å²) < 4.78 is 6.24. The molecule has 2 aromatic carbocycles. The van der Waals surface area contributed by atoms with Crippen LogP contribution < -0.4 is 15.4 Å². The van der Waals surface area contributed by atoms with Gasteiger partial charge in [0, 0.05) is 22.3 Å². The lowest BCUT2D eigenvalue weighted by atomic mass is 10.2. The van der Waals surface area contributed by atoms with Gasteiger partial charge < -0.3 is 15.4 Å². The van der Waals surface area contributed by atoms with E-state index in [1.165, 1.54) is 0 Å². The summed E-state index contributed by atoms with van der Waals surface area (Å²) in [4.78, 5) is 11.9. The predicted octanol–water partition coefficient (Wildman–Crippen LogP) is 4.09. The molecule has 21 heavy (non-hydrogen) atoms. The second-order valence-corrected chi connectivity index (χ2v) is 5.49. The highest BCUT2D eigenvalue weighted by atomic mass is 79.9. The van der Waals surface area contributed by atoms with Crippen LogP contribution in [0.25, 0.3) is 0 Å². The van der Waals surface area contributed by atoms with Gasteiger partial charge in [0.25, 0.3) is 0 Å². The minimum Gasteiger partial charge on any atom is -0.496 e. The fourth-order valence-electron chi connectivity index (χ4n) is 1.96. The van der Waals surface area contributed by atoms with Crippen molar-refractivity contribution >= 4 is 27.6 Å². The molecule has 0 fully saturated rings. The topological polar surface area (TPSA) is 50.4 Å². The maximum Gasteiger partial charge on any atom is 0.319 e. The van der Waals surface area contributed by atoms with E-state index in [1.807, 2.05) is 49.4 Å². The Kier molecular flexibility index (Phi) is 5.22. The van der Waals surface area contributed by atoms with E-state index in [2.05, 4.69) is 26.6 Å². The fraction of sp³-hybridized carbons (Fsp3) is 0.188. The van der Waals surface area contributed by atoms with E-state index in [4.69, 9.17) is 4.74 Å². The SMILES string of the molecule is COc1ccccc1CNC(=O)Nc1ccc(Br)cc1C. The van der Waals surface area contributed by atoms with E-state index in [1.54, 1.807) is 7.11 Å². The van der Waals surface area contributed by atoms with Crippen molar-refractivity contribution < 1.29 is 9.53 Å². The minimum absolute atomic E-state index is 0.244. The molecule has 0 unspecified atom stereocenters. The molecule has 0 atom stereocenters. The van der Waals surface area contributed by atoms with Gasteiger partial charge in [-0.2, -0.15) is 0 Å². The lowest BCUT2D eigenvalue weighted by Crippen LogP contribution is -2.28. The summed E-state index contributed by atoms with van der Waals surface area (Å²) in [7, 11) is 1.62. The molecule has 2 N–H and O–H groups in total. The van der Waals surface area contributed by atoms with Gasteiger partial charge in [-0.05, 0) is 36.8 Å². The Balaban J connectivity index is 1.96. The first-order chi connectivity index (χ1) is 10.1. The number of hydrogen-bond acceptors (Lipinski definition) is 2. The molecule has 0 saturated heterocycles. The van der Waals surface area contributed by atoms with Crippen LogP contribution in [0.15, 0.2) is 46.9 Å². The van der Waals surface area contributed by atoms with Crippen molar-refractivity contribution in [1.29, 1.82) is 0 Å². The number of amides is 2. The van der Waals surface area contributed by atoms with Gasteiger partial charge in [-0.1, -0.05) is 34.1 Å². The maximum absolute atomic E-state index is 11.9. The Morgan fingerprint density at radius 1 is 1.24 bits per heavy atom. The number of methoxy groups -OCH3 is 1. The van der Waals surface area contributed by atoms with Gasteiger partial charge >= 0.3 is 6.03 Å². The summed E-state index contributed by atoms with van der Waals surface area (Å²) in [6, 6.07) is 13.1. The zero-order valence-corrected chi connectivity index (χ0v) is 13.5. The van der Waals surface area contributed by atoms with Crippen LogP contribution in [0.2, 0.25) is 0 Å². The summed E-state index contributed by atoms with van der Waals surface area (Å²) >= 11 is 3.40. The van der Waals surface area contributed by atoms with E-state index >= 15 is 0 Å². The third-order valence-corrected chi connectivity index (χ3v) is 3.56. The number of rotatable bonds is 4. The number of benzene rings is 2. The van der Waals surface area contributed by atoms with Crippen molar-refractivity contribution in [2.24, 2.45) is 0 Å². The van der Waals surface area contributed by atoms with Crippen molar-refractivity contribution in [3.05, 3.63) is 58.1 Å². The summed E-state index contributed by atoms with van der Waals surface area (Å²) in [6.07, 6.45) is 0. The van der Waals surface area contributed by atoms with E-state index in [0.29, 0.717) is 6.54 Å². The summed E-state index contributed by atoms with van der Waals surface area (Å²) in [5.41, 5.74) is 2.72. The zero-order chi connectivity index (χ0) is 15.2. The molecule has 0 spiro atoms. The van der Waals surface area contributed by atoms with Crippen LogP contribution >= 0.6 is 15.9 Å². The van der Waals surface area contributed by atoms with Crippen molar-refractivity contribution in [2.75, 3.05) is 12.4 Å². The van der Waals surface area contributed by atoms with Crippen molar-refractivity contribution in [3.8, 4) is 5.75 Å². The molecule has 0 aromatic heterocycles. The summed E-state index contributed by atoms with van der Waals surface area (Å²) in [5.74, 6) is 0.762. The molecule has 5 heteroatoms. The molecule has 0 radical (unpaired) electrons. The Morgan fingerprint density at radius 2 is 2.00 bits per heavy atom. The molecule has 4 nitrogen and oxygen atoms in total. The van der Waals surface area contributed by atoms with Crippen LogP contribution in [0, 0.1) is 6.92 Å². The van der Waals surface area contributed by atoms with Gasteiger partial charge in [-0.25, -0.2) is 4.79 Å². The van der Waals surface area contributed by atoms with Crippen LogP contribution in [0.5, 0.6) is 5.75 Å². The Hall–Kier alpha value is -2.01. The second kappa shape index (κ2) is 7.13. The molecule has 110 valence electrons. The van der Waals surface area contributed by atoms with E-state index < -0.39 is 0 Å². The molecule has 0 bridgehead atoms. The van der Waals surface area contributed by atoms with Crippen LogP contribution in [0.1, 0.15) is 11.1 Å². The molecular formula is C16H17BrN2O2. The number of aryl methyl sites for hydroxylation is 1. The fourth-order valence-corrected chi connectivity index (χ4v) is 2.43. The van der Waals surface area contributed by atoms with E-state index in [0.717, 1.165) is 27.0 Å². The standard InChI is InChI=1S/C16H17BrN2O2/c1-11-9-13(17)7-8-14(11)19-16(20)18-10-12-5-3-4-6-15(12)21-2/h3-9H,10H2,1-2H3,(H2,18,19,20). The number of carbonyl (C=O) groups is 1. The molecule has 2 amide bonds. The molecule has 2 rings (SSSR count). The average molecular weight is 349 g/mol. The van der Waals surface area contributed by atoms with Gasteiger partial charge in [0.1, 0.15) is 5.75 Å². The number of ether oxygens (including phenoxy) is 1. The van der Waals surface area contributed by atoms with Crippen LogP contribution in [0.3, 0.4) is 0 Å². The van der Waals surface area contributed by atoms with Crippen molar-refractivity contribution in [2.45, 2.75) is 13.5 Å². The lowest BCUT2D eigenvalue weighted by molar-refractivity contribution is 0.251. The highest BCUT2D eigenvalue weighted by Crippen LogP contribution is 2.20. The Bertz CT molecular complexity index is 644. The number of anilines is 1. The smallest absolute Gasteiger partial charge is 0.319 e. The largest absolute Gasteiger partial charge is 0.496 e. The molecule has 0 aliphatic carbocycles. The van der Waals surface area contributed by atoms with Gasteiger partial charge in [-0.3, -0.25) is 0 Å². The number of hydrogen-bond donors (Lipinski definition) is 2. The first-order valence-corrected chi connectivity index (χ1v) is 7.32. The summed E-state index contributed by atoms with van der Waals surface area (Å²) in [5, 5.41) is 5.66. The minimum atomic E-state index is -0.244. The molecule has 0 saturated carbocycles. The molecule has 0 aliphatic rings. The van der Waals surface area contributed by atoms with Gasteiger partial charge in [0.05, 0.1) is 7.11 Å². The van der Waals surface area contributed by atoms with Crippen LogP contribution in [-0.4, -0.2) is 13.1 Å². The van der Waals surface area contributed by atoms with Gasteiger partial charge in [0.2, 0.25) is 0 Å². The highest BCUT2D eigenvalue weighted by Gasteiger charge is 2.06. The number of para-hydroxylation sites is 1. The van der Waals surface area contributed by atoms with Crippen molar-refractivity contribution in [1.82, 2.24) is 5.32 Å². The quantitative estimate of drug-likeness (QED) is 0.874. The Labute approximate surface area is 132 Å². The Morgan fingerprint density at radius 3 is 2.71 bits per heavy atom. The van der Waals surface area contributed by atoms with Crippen LogP contribution in [-0.2, 0) is 6.54 Å². The number of halogens is 1. The highest BCUT2D eigenvalue weighted by molar-refractivity contribution is 9.10. The average Bonchev–Trinajstić information content (AvgIpc) is 2.48. The first-order valence-electron chi connectivity index (χ1n) is 6.53. The normalized spacial score (nSPS) is 10.0. The van der Waals surface area contributed by atoms with Gasteiger partial charge in [-0.15, -0.1) is 0 Å². The number of nitrogens with one attached hydrogen (secondary N) is 2. The third-order valence-electron chi connectivity index (χ3n) is 3.07. The number of urea groups is 1. The molecule has 0 aliphatic heterocycles. The van der Waals surface area contributed by atoms with Crippen molar-refractivity contribution in [3.63, 3.8) is 0 Å². The zero-order valence-electron chi connectivity index (χ0n) is 11.9. The predicted molar refractivity (Wildman–Crippen MR) is 87.7 cm³/mol. The maximum atomic E-state index is 11.9. The summed E-state index contributed by atoms with van der Waals surface area (Å²) in [6.45, 7) is 2.35. The lowest BCUT2D eigenvalue weighted by Gasteiger charge is -2.12. The molecule has 0 heterocycles.